The summed E-state index contributed by atoms with van der Waals surface area (Å²) in [5.74, 6) is 0.645. The van der Waals surface area contributed by atoms with Gasteiger partial charge in [0.05, 0.1) is 23.7 Å². The van der Waals surface area contributed by atoms with Crippen molar-refractivity contribution in [1.82, 2.24) is 9.78 Å². The number of aromatic nitrogens is 2. The molecular formula is C17H17N3O3. The zero-order valence-electron chi connectivity index (χ0n) is 12.8. The highest BCUT2D eigenvalue weighted by Gasteiger charge is 2.45. The topological polar surface area (TPSA) is 77.1 Å². The second kappa shape index (κ2) is 6.53. The lowest BCUT2D eigenvalue weighted by atomic mass is 10.2. The summed E-state index contributed by atoms with van der Waals surface area (Å²) in [5.41, 5.74) is 1.67. The van der Waals surface area contributed by atoms with Gasteiger partial charge in [0.15, 0.2) is 0 Å². The Bertz CT molecular complexity index is 730. The van der Waals surface area contributed by atoms with E-state index in [4.69, 9.17) is 14.7 Å². The monoisotopic (exact) mass is 311 g/mol. The van der Waals surface area contributed by atoms with Crippen molar-refractivity contribution in [2.24, 2.45) is 13.0 Å². The Morgan fingerprint density at radius 3 is 2.83 bits per heavy atom. The molecule has 0 radical (unpaired) electrons. The predicted octanol–water partition coefficient (Wildman–Crippen LogP) is 2.02. The van der Waals surface area contributed by atoms with Gasteiger partial charge in [0.1, 0.15) is 19.0 Å². The molecule has 2 atom stereocenters. The molecule has 0 spiro atoms. The van der Waals surface area contributed by atoms with Crippen LogP contribution in [0.15, 0.2) is 36.7 Å². The van der Waals surface area contributed by atoms with E-state index in [1.807, 2.05) is 19.3 Å². The first-order chi connectivity index (χ1) is 11.2. The van der Waals surface area contributed by atoms with Gasteiger partial charge in [0.2, 0.25) is 0 Å². The molecule has 3 rings (SSSR count). The Morgan fingerprint density at radius 1 is 1.39 bits per heavy atom. The number of nitriles is 1. The van der Waals surface area contributed by atoms with Gasteiger partial charge in [-0.05, 0) is 36.2 Å². The highest BCUT2D eigenvalue weighted by atomic mass is 16.6. The van der Waals surface area contributed by atoms with E-state index in [0.717, 1.165) is 12.0 Å². The molecule has 0 unspecified atom stereocenters. The number of hydrogen-bond acceptors (Lipinski definition) is 5. The molecule has 1 aromatic heterocycles. The molecule has 1 aliphatic rings. The summed E-state index contributed by atoms with van der Waals surface area (Å²) < 4.78 is 12.5. The van der Waals surface area contributed by atoms with Gasteiger partial charge in [-0.2, -0.15) is 10.4 Å². The third-order valence-electron chi connectivity index (χ3n) is 3.83. The number of carbonyl (C=O) groups is 1. The molecular weight excluding hydrogens is 294 g/mol. The Hall–Kier alpha value is -2.81. The number of rotatable bonds is 6. The summed E-state index contributed by atoms with van der Waals surface area (Å²) in [6.45, 7) is 0.511. The molecule has 0 N–H and O–H groups in total. The van der Waals surface area contributed by atoms with E-state index in [1.54, 1.807) is 35.1 Å². The number of nitrogens with zero attached hydrogens (tertiary/aromatic N) is 3. The second-order valence-electron chi connectivity index (χ2n) is 5.55. The fourth-order valence-corrected chi connectivity index (χ4v) is 2.49. The molecule has 0 saturated heterocycles. The fraction of sp³-hybridized carbons (Fsp3) is 0.353. The Morgan fingerprint density at radius 2 is 2.17 bits per heavy atom. The summed E-state index contributed by atoms with van der Waals surface area (Å²) >= 11 is 0. The predicted molar refractivity (Wildman–Crippen MR) is 81.7 cm³/mol. The lowest BCUT2D eigenvalue weighted by molar-refractivity contribution is -0.146. The molecule has 1 aromatic carbocycles. The molecule has 118 valence electrons. The molecule has 0 aliphatic heterocycles. The highest BCUT2D eigenvalue weighted by molar-refractivity contribution is 5.77. The van der Waals surface area contributed by atoms with Crippen molar-refractivity contribution in [3.63, 3.8) is 0 Å². The molecule has 0 bridgehead atoms. The minimum atomic E-state index is -0.178. The second-order valence-corrected chi connectivity index (χ2v) is 5.55. The van der Waals surface area contributed by atoms with E-state index in [9.17, 15) is 4.79 Å². The van der Waals surface area contributed by atoms with Gasteiger partial charge in [-0.1, -0.05) is 0 Å². The van der Waals surface area contributed by atoms with Crippen LogP contribution in [0, 0.1) is 17.2 Å². The minimum absolute atomic E-state index is 0.0610. The zero-order valence-corrected chi connectivity index (χ0v) is 12.8. The minimum Gasteiger partial charge on any atom is -0.490 e. The highest BCUT2D eigenvalue weighted by Crippen LogP contribution is 2.47. The van der Waals surface area contributed by atoms with E-state index < -0.39 is 0 Å². The number of hydrogen-bond donors (Lipinski definition) is 0. The van der Waals surface area contributed by atoms with Crippen LogP contribution in [0.3, 0.4) is 0 Å². The Balaban J connectivity index is 1.38. The number of esters is 1. The first-order valence-corrected chi connectivity index (χ1v) is 7.45. The van der Waals surface area contributed by atoms with Gasteiger partial charge in [-0.3, -0.25) is 9.48 Å². The van der Waals surface area contributed by atoms with Crippen molar-refractivity contribution >= 4 is 5.97 Å². The molecule has 6 nitrogen and oxygen atoms in total. The maximum Gasteiger partial charge on any atom is 0.309 e. The van der Waals surface area contributed by atoms with Crippen molar-refractivity contribution in [3.05, 3.63) is 47.8 Å². The van der Waals surface area contributed by atoms with E-state index in [0.29, 0.717) is 17.9 Å². The van der Waals surface area contributed by atoms with E-state index in [-0.39, 0.29) is 24.4 Å². The van der Waals surface area contributed by atoms with Crippen LogP contribution in [0.2, 0.25) is 0 Å². The maximum absolute atomic E-state index is 11.9. The van der Waals surface area contributed by atoms with Crippen LogP contribution in [0.1, 0.15) is 23.5 Å². The molecule has 6 heteroatoms. The van der Waals surface area contributed by atoms with E-state index in [1.165, 1.54) is 0 Å². The quantitative estimate of drug-likeness (QED) is 0.602. The Labute approximate surface area is 134 Å². The molecule has 1 aliphatic carbocycles. The van der Waals surface area contributed by atoms with Gasteiger partial charge in [-0.25, -0.2) is 0 Å². The van der Waals surface area contributed by atoms with Crippen LogP contribution >= 0.6 is 0 Å². The summed E-state index contributed by atoms with van der Waals surface area (Å²) in [6, 6.07) is 8.86. The first-order valence-electron chi connectivity index (χ1n) is 7.45. The van der Waals surface area contributed by atoms with Crippen LogP contribution in [0.5, 0.6) is 5.75 Å². The van der Waals surface area contributed by atoms with Crippen molar-refractivity contribution in [2.75, 3.05) is 13.2 Å². The van der Waals surface area contributed by atoms with Crippen LogP contribution in [0.4, 0.5) is 0 Å². The zero-order chi connectivity index (χ0) is 16.2. The molecule has 2 aromatic rings. The normalized spacial score (nSPS) is 19.0. The summed E-state index contributed by atoms with van der Waals surface area (Å²) in [6.07, 6.45) is 4.55. The standard InChI is InChI=1S/C17H17N3O3/c1-20-11-13(10-19-20)15-8-16(15)17(21)23-7-6-22-14-4-2-12(9-18)3-5-14/h2-5,10-11,15-16H,6-8H2,1H3/t15-,16-/m1/s1. The molecule has 1 fully saturated rings. The number of ether oxygens (including phenoxy) is 2. The van der Waals surface area contributed by atoms with Crippen LogP contribution in [0.25, 0.3) is 0 Å². The third-order valence-corrected chi connectivity index (χ3v) is 3.83. The van der Waals surface area contributed by atoms with Gasteiger partial charge in [0, 0.05) is 19.2 Å². The van der Waals surface area contributed by atoms with Crippen LogP contribution < -0.4 is 4.74 Å². The number of aryl methyl sites for hydroxylation is 1. The van der Waals surface area contributed by atoms with Crippen LogP contribution in [-0.4, -0.2) is 29.0 Å². The average molecular weight is 311 g/mol. The SMILES string of the molecule is Cn1cc([C@H]2C[C@H]2C(=O)OCCOc2ccc(C#N)cc2)cn1. The largest absolute Gasteiger partial charge is 0.490 e. The molecule has 23 heavy (non-hydrogen) atoms. The first kappa shape index (κ1) is 15.1. The lowest BCUT2D eigenvalue weighted by Crippen LogP contribution is -2.14. The van der Waals surface area contributed by atoms with Gasteiger partial charge < -0.3 is 9.47 Å². The number of benzene rings is 1. The summed E-state index contributed by atoms with van der Waals surface area (Å²) in [4.78, 5) is 11.9. The molecule has 1 saturated carbocycles. The maximum atomic E-state index is 11.9. The summed E-state index contributed by atoms with van der Waals surface area (Å²) in [7, 11) is 1.86. The van der Waals surface area contributed by atoms with Gasteiger partial charge in [-0.15, -0.1) is 0 Å². The lowest BCUT2D eigenvalue weighted by Gasteiger charge is -2.07. The van der Waals surface area contributed by atoms with Gasteiger partial charge >= 0.3 is 5.97 Å². The van der Waals surface area contributed by atoms with E-state index in [2.05, 4.69) is 5.10 Å². The third kappa shape index (κ3) is 3.69. The molecule has 1 heterocycles. The van der Waals surface area contributed by atoms with Crippen molar-refractivity contribution in [2.45, 2.75) is 12.3 Å². The fourth-order valence-electron chi connectivity index (χ4n) is 2.49. The van der Waals surface area contributed by atoms with Crippen molar-refractivity contribution in [1.29, 1.82) is 5.26 Å². The van der Waals surface area contributed by atoms with Crippen molar-refractivity contribution in [3.8, 4) is 11.8 Å². The van der Waals surface area contributed by atoms with Crippen molar-refractivity contribution < 1.29 is 14.3 Å². The Kier molecular flexibility index (Phi) is 4.29. The summed E-state index contributed by atoms with van der Waals surface area (Å²) in [5, 5.41) is 12.8. The van der Waals surface area contributed by atoms with Crippen LogP contribution in [-0.2, 0) is 16.6 Å². The average Bonchev–Trinajstić information content (AvgIpc) is 3.26. The van der Waals surface area contributed by atoms with Gasteiger partial charge in [0.25, 0.3) is 0 Å². The smallest absolute Gasteiger partial charge is 0.309 e. The number of carbonyl (C=O) groups excluding carboxylic acids is 1. The molecule has 0 amide bonds. The van der Waals surface area contributed by atoms with E-state index >= 15 is 0 Å².